The van der Waals surface area contributed by atoms with Crippen LogP contribution in [0.1, 0.15) is 5.56 Å². The third kappa shape index (κ3) is 5.95. The lowest BCUT2D eigenvalue weighted by Crippen LogP contribution is -3.00. The third-order valence-corrected chi connectivity index (χ3v) is 2.16. The van der Waals surface area contributed by atoms with Crippen LogP contribution in [0.3, 0.4) is 0 Å². The van der Waals surface area contributed by atoms with E-state index in [9.17, 15) is 5.11 Å². The van der Waals surface area contributed by atoms with Gasteiger partial charge >= 0.3 is 0 Å². The molecular weight excluding hydrogens is 226 g/mol. The van der Waals surface area contributed by atoms with Crippen LogP contribution in [-0.2, 0) is 11.3 Å². The Kier molecular flexibility index (Phi) is 6.41. The number of benzene rings is 1. The topological polar surface area (TPSA) is 29.5 Å². The van der Waals surface area contributed by atoms with Crippen LogP contribution in [-0.4, -0.2) is 43.9 Å². The molecule has 0 saturated carbocycles. The van der Waals surface area contributed by atoms with E-state index >= 15 is 0 Å². The minimum absolute atomic E-state index is 0. The number of phenols is 1. The second-order valence-electron chi connectivity index (χ2n) is 4.70. The third-order valence-electron chi connectivity index (χ3n) is 2.16. The number of likely N-dealkylation sites (N-methyl/N-ethyl adjacent to an activating group) is 1. The van der Waals surface area contributed by atoms with Gasteiger partial charge in [-0.1, -0.05) is 18.2 Å². The van der Waals surface area contributed by atoms with E-state index in [1.54, 1.807) is 6.07 Å². The fourth-order valence-corrected chi connectivity index (χ4v) is 1.15. The molecule has 1 aromatic rings. The number of rotatable bonds is 5. The van der Waals surface area contributed by atoms with Crippen molar-refractivity contribution in [1.29, 1.82) is 0 Å². The van der Waals surface area contributed by atoms with E-state index in [0.29, 0.717) is 19.0 Å². The lowest BCUT2D eigenvalue weighted by Gasteiger charge is -2.23. The van der Waals surface area contributed by atoms with E-state index in [1.807, 2.05) is 18.2 Å². The largest absolute Gasteiger partial charge is 1.00 e. The van der Waals surface area contributed by atoms with E-state index in [-0.39, 0.29) is 12.4 Å². The van der Waals surface area contributed by atoms with Crippen LogP contribution in [0.15, 0.2) is 24.3 Å². The summed E-state index contributed by atoms with van der Waals surface area (Å²) in [5.41, 5.74) is 0.846. The van der Waals surface area contributed by atoms with Crippen LogP contribution in [0.2, 0.25) is 0 Å². The molecule has 0 unspecified atom stereocenters. The molecule has 3 nitrogen and oxygen atoms in total. The summed E-state index contributed by atoms with van der Waals surface area (Å²) in [5.74, 6) is 0.308. The van der Waals surface area contributed by atoms with Crippen molar-refractivity contribution in [2.75, 3.05) is 34.3 Å². The van der Waals surface area contributed by atoms with Gasteiger partial charge in [-0.25, -0.2) is 0 Å². The van der Waals surface area contributed by atoms with E-state index in [0.717, 1.165) is 16.6 Å². The van der Waals surface area contributed by atoms with Crippen molar-refractivity contribution in [3.05, 3.63) is 29.8 Å². The number of phenolic OH excluding ortho intramolecular Hbond substituents is 1. The summed E-state index contributed by atoms with van der Waals surface area (Å²) in [6.07, 6.45) is 0. The number of quaternary nitrogens is 1. The summed E-state index contributed by atoms with van der Waals surface area (Å²) < 4.78 is 6.39. The van der Waals surface area contributed by atoms with Gasteiger partial charge in [-0.3, -0.25) is 0 Å². The maximum atomic E-state index is 9.49. The average molecular weight is 246 g/mol. The predicted octanol–water partition coefficient (Wildman–Crippen LogP) is -1.38. The summed E-state index contributed by atoms with van der Waals surface area (Å²) in [6.45, 7) is 2.15. The SMILES string of the molecule is C[N+](C)(C)CCOCc1ccccc1O.[Cl-]. The zero-order valence-electron chi connectivity index (χ0n) is 10.1. The van der Waals surface area contributed by atoms with Gasteiger partial charge in [-0.05, 0) is 6.07 Å². The second-order valence-corrected chi connectivity index (χ2v) is 4.70. The van der Waals surface area contributed by atoms with Crippen LogP contribution in [0, 0.1) is 0 Å². The first-order chi connectivity index (χ1) is 6.99. The standard InChI is InChI=1S/C12H19NO2.ClH/c1-13(2,3)8-9-15-10-11-6-4-5-7-12(11)14;/h4-7H,8-10H2,1-3H3;1H. The molecule has 4 heteroatoms. The summed E-state index contributed by atoms with van der Waals surface area (Å²) in [7, 11) is 6.38. The Hall–Kier alpha value is -0.770. The highest BCUT2D eigenvalue weighted by Crippen LogP contribution is 2.16. The van der Waals surface area contributed by atoms with Crippen LogP contribution in [0.5, 0.6) is 5.75 Å². The van der Waals surface area contributed by atoms with Crippen molar-refractivity contribution in [2.24, 2.45) is 0 Å². The molecule has 0 fully saturated rings. The molecule has 1 aromatic carbocycles. The maximum Gasteiger partial charge on any atom is 0.121 e. The van der Waals surface area contributed by atoms with Gasteiger partial charge in [-0.15, -0.1) is 0 Å². The van der Waals surface area contributed by atoms with E-state index in [4.69, 9.17) is 4.74 Å². The molecule has 92 valence electrons. The Morgan fingerprint density at radius 2 is 1.81 bits per heavy atom. The summed E-state index contributed by atoms with van der Waals surface area (Å²) >= 11 is 0. The summed E-state index contributed by atoms with van der Waals surface area (Å²) in [6, 6.07) is 7.27. The highest BCUT2D eigenvalue weighted by molar-refractivity contribution is 5.30. The van der Waals surface area contributed by atoms with Gasteiger partial charge < -0.3 is 26.7 Å². The first-order valence-corrected chi connectivity index (χ1v) is 5.14. The maximum absolute atomic E-state index is 9.49. The van der Waals surface area contributed by atoms with Crippen LogP contribution in [0.4, 0.5) is 0 Å². The molecule has 1 N–H and O–H groups in total. The number of nitrogens with zero attached hydrogens (tertiary/aromatic N) is 1. The first-order valence-electron chi connectivity index (χ1n) is 5.14. The number of halogens is 1. The minimum Gasteiger partial charge on any atom is -1.00 e. The lowest BCUT2D eigenvalue weighted by molar-refractivity contribution is -0.870. The van der Waals surface area contributed by atoms with Crippen molar-refractivity contribution in [2.45, 2.75) is 6.61 Å². The summed E-state index contributed by atoms with van der Waals surface area (Å²) in [5, 5.41) is 9.49. The number of aromatic hydroxyl groups is 1. The number of hydrogen-bond donors (Lipinski definition) is 1. The molecule has 0 aromatic heterocycles. The van der Waals surface area contributed by atoms with Gasteiger partial charge in [0.25, 0.3) is 0 Å². The van der Waals surface area contributed by atoms with Gasteiger partial charge in [0.05, 0.1) is 34.4 Å². The molecule has 0 heterocycles. The molecule has 0 aliphatic carbocycles. The highest BCUT2D eigenvalue weighted by atomic mass is 35.5. The molecule has 0 aliphatic heterocycles. The highest BCUT2D eigenvalue weighted by Gasteiger charge is 2.06. The molecular formula is C12H20ClNO2. The average Bonchev–Trinajstić information content (AvgIpc) is 2.13. The van der Waals surface area contributed by atoms with E-state index in [2.05, 4.69) is 21.1 Å². The molecule has 0 atom stereocenters. The summed E-state index contributed by atoms with van der Waals surface area (Å²) in [4.78, 5) is 0. The minimum atomic E-state index is 0. The van der Waals surface area contributed by atoms with Crippen LogP contribution < -0.4 is 12.4 Å². The van der Waals surface area contributed by atoms with Crippen LogP contribution >= 0.6 is 0 Å². The number of para-hydroxylation sites is 1. The molecule has 0 bridgehead atoms. The molecule has 1 rings (SSSR count). The van der Waals surface area contributed by atoms with Gasteiger partial charge in [0.1, 0.15) is 12.3 Å². The van der Waals surface area contributed by atoms with Crippen molar-refractivity contribution in [1.82, 2.24) is 0 Å². The van der Waals surface area contributed by atoms with Crippen molar-refractivity contribution in [3.8, 4) is 5.75 Å². The van der Waals surface area contributed by atoms with Gasteiger partial charge in [-0.2, -0.15) is 0 Å². The normalized spacial score (nSPS) is 10.9. The molecule has 0 spiro atoms. The van der Waals surface area contributed by atoms with E-state index < -0.39 is 0 Å². The van der Waals surface area contributed by atoms with Crippen LogP contribution in [0.25, 0.3) is 0 Å². The molecule has 16 heavy (non-hydrogen) atoms. The zero-order chi connectivity index (χ0) is 11.3. The smallest absolute Gasteiger partial charge is 0.121 e. The Balaban J connectivity index is 0.00000225. The Morgan fingerprint density at radius 3 is 2.38 bits per heavy atom. The van der Waals surface area contributed by atoms with E-state index in [1.165, 1.54) is 0 Å². The molecule has 0 saturated heterocycles. The second kappa shape index (κ2) is 6.74. The lowest BCUT2D eigenvalue weighted by atomic mass is 10.2. The van der Waals surface area contributed by atoms with Gasteiger partial charge in [0.2, 0.25) is 0 Å². The predicted molar refractivity (Wildman–Crippen MR) is 60.7 cm³/mol. The Morgan fingerprint density at radius 1 is 1.19 bits per heavy atom. The molecule has 0 radical (unpaired) electrons. The fraction of sp³-hybridized carbons (Fsp3) is 0.500. The number of hydrogen-bond acceptors (Lipinski definition) is 2. The first kappa shape index (κ1) is 15.2. The zero-order valence-corrected chi connectivity index (χ0v) is 10.9. The monoisotopic (exact) mass is 245 g/mol. The van der Waals surface area contributed by atoms with Gasteiger partial charge in [0, 0.05) is 5.56 Å². The Bertz CT molecular complexity index is 310. The number of ether oxygens (including phenoxy) is 1. The quantitative estimate of drug-likeness (QED) is 0.512. The fourth-order valence-electron chi connectivity index (χ4n) is 1.15. The molecule has 0 aliphatic rings. The van der Waals surface area contributed by atoms with Gasteiger partial charge in [0.15, 0.2) is 0 Å². The van der Waals surface area contributed by atoms with Crippen molar-refractivity contribution < 1.29 is 26.7 Å². The molecule has 0 amide bonds. The van der Waals surface area contributed by atoms with Crippen molar-refractivity contribution in [3.63, 3.8) is 0 Å². The van der Waals surface area contributed by atoms with Crippen molar-refractivity contribution >= 4 is 0 Å². The Labute approximate surface area is 104 Å².